The normalized spacial score (nSPS) is 12.2. The summed E-state index contributed by atoms with van der Waals surface area (Å²) in [5.74, 6) is -0.670. The van der Waals surface area contributed by atoms with E-state index in [1.807, 2.05) is 44.2 Å². The number of amides is 2. The third kappa shape index (κ3) is 6.67. The fourth-order valence-corrected chi connectivity index (χ4v) is 3.25. The zero-order valence-corrected chi connectivity index (χ0v) is 19.8. The largest absolute Gasteiger partial charge is 0.424 e. The Kier molecular flexibility index (Phi) is 8.58. The van der Waals surface area contributed by atoms with Gasteiger partial charge in [0.25, 0.3) is 0 Å². The summed E-state index contributed by atoms with van der Waals surface area (Å²) in [4.78, 5) is 40.2. The minimum atomic E-state index is -0.686. The van der Waals surface area contributed by atoms with Crippen molar-refractivity contribution in [2.75, 3.05) is 5.32 Å². The highest BCUT2D eigenvalue weighted by molar-refractivity contribution is 5.98. The molecule has 0 fully saturated rings. The molecule has 0 spiro atoms. The van der Waals surface area contributed by atoms with E-state index in [9.17, 15) is 14.4 Å². The van der Waals surface area contributed by atoms with E-state index >= 15 is 0 Å². The molecule has 6 nitrogen and oxygen atoms in total. The predicted molar refractivity (Wildman–Crippen MR) is 126 cm³/mol. The molecular formula is C26H34N2O4. The first kappa shape index (κ1) is 25.1. The van der Waals surface area contributed by atoms with Crippen LogP contribution in [0.3, 0.4) is 0 Å². The van der Waals surface area contributed by atoms with Crippen LogP contribution in [-0.2, 0) is 20.9 Å². The van der Waals surface area contributed by atoms with E-state index in [0.717, 1.165) is 5.56 Å². The van der Waals surface area contributed by atoms with E-state index < -0.39 is 17.4 Å². The molecule has 0 heterocycles. The second-order valence-corrected chi connectivity index (χ2v) is 9.17. The minimum Gasteiger partial charge on any atom is -0.424 e. The SMILES string of the molecule is CCC(=O)N(Cc1ccccc1)C(C(=O)Nc1ccccc1OC(=O)C(C)(C)C)C(C)C. The van der Waals surface area contributed by atoms with Crippen LogP contribution in [0.4, 0.5) is 5.69 Å². The molecule has 172 valence electrons. The molecule has 1 atom stereocenters. The van der Waals surface area contributed by atoms with Crippen molar-refractivity contribution in [1.82, 2.24) is 4.90 Å². The Morgan fingerprint density at radius 3 is 2.12 bits per heavy atom. The molecule has 0 saturated heterocycles. The average Bonchev–Trinajstić information content (AvgIpc) is 2.73. The summed E-state index contributed by atoms with van der Waals surface area (Å²) in [5.41, 5.74) is 0.661. The van der Waals surface area contributed by atoms with Gasteiger partial charge in [-0.1, -0.05) is 63.2 Å². The number of carbonyl (C=O) groups excluding carboxylic acids is 3. The Labute approximate surface area is 191 Å². The Morgan fingerprint density at radius 1 is 0.969 bits per heavy atom. The van der Waals surface area contributed by atoms with Gasteiger partial charge in [-0.05, 0) is 44.4 Å². The number of esters is 1. The van der Waals surface area contributed by atoms with Crippen LogP contribution >= 0.6 is 0 Å². The van der Waals surface area contributed by atoms with Crippen LogP contribution in [0.15, 0.2) is 54.6 Å². The lowest BCUT2D eigenvalue weighted by molar-refractivity contribution is -0.143. The lowest BCUT2D eigenvalue weighted by Gasteiger charge is -2.33. The monoisotopic (exact) mass is 438 g/mol. The van der Waals surface area contributed by atoms with Crippen molar-refractivity contribution in [2.24, 2.45) is 11.3 Å². The first-order valence-electron chi connectivity index (χ1n) is 11.0. The number of para-hydroxylation sites is 2. The summed E-state index contributed by atoms with van der Waals surface area (Å²) in [7, 11) is 0. The van der Waals surface area contributed by atoms with Crippen LogP contribution in [-0.4, -0.2) is 28.7 Å². The van der Waals surface area contributed by atoms with Gasteiger partial charge in [-0.3, -0.25) is 14.4 Å². The highest BCUT2D eigenvalue weighted by Crippen LogP contribution is 2.28. The molecule has 0 bridgehead atoms. The number of nitrogens with zero attached hydrogens (tertiary/aromatic N) is 1. The van der Waals surface area contributed by atoms with Gasteiger partial charge in [0.05, 0.1) is 11.1 Å². The fourth-order valence-electron chi connectivity index (χ4n) is 3.25. The van der Waals surface area contributed by atoms with Crippen LogP contribution in [0, 0.1) is 11.3 Å². The minimum absolute atomic E-state index is 0.102. The van der Waals surface area contributed by atoms with Gasteiger partial charge < -0.3 is 15.0 Å². The highest BCUT2D eigenvalue weighted by atomic mass is 16.5. The van der Waals surface area contributed by atoms with E-state index in [1.165, 1.54) is 0 Å². The topological polar surface area (TPSA) is 75.7 Å². The van der Waals surface area contributed by atoms with Crippen LogP contribution in [0.5, 0.6) is 5.75 Å². The average molecular weight is 439 g/mol. The molecule has 2 aromatic rings. The van der Waals surface area contributed by atoms with Crippen molar-refractivity contribution in [3.8, 4) is 5.75 Å². The van der Waals surface area contributed by atoms with Gasteiger partial charge in [0.15, 0.2) is 5.75 Å². The molecule has 0 aliphatic heterocycles. The zero-order valence-electron chi connectivity index (χ0n) is 19.8. The lowest BCUT2D eigenvalue weighted by Crippen LogP contribution is -2.49. The summed E-state index contributed by atoms with van der Waals surface area (Å²) >= 11 is 0. The van der Waals surface area contributed by atoms with Gasteiger partial charge in [-0.2, -0.15) is 0 Å². The smallest absolute Gasteiger partial charge is 0.316 e. The van der Waals surface area contributed by atoms with Crippen LogP contribution < -0.4 is 10.1 Å². The molecule has 0 radical (unpaired) electrons. The number of carbonyl (C=O) groups is 3. The molecule has 2 aromatic carbocycles. The van der Waals surface area contributed by atoms with Gasteiger partial charge in [-0.15, -0.1) is 0 Å². The fraction of sp³-hybridized carbons (Fsp3) is 0.423. The molecular weight excluding hydrogens is 404 g/mol. The first-order chi connectivity index (χ1) is 15.0. The van der Waals surface area contributed by atoms with Crippen molar-refractivity contribution in [3.63, 3.8) is 0 Å². The van der Waals surface area contributed by atoms with Crippen molar-refractivity contribution in [2.45, 2.75) is 60.5 Å². The molecule has 1 unspecified atom stereocenters. The quantitative estimate of drug-likeness (QED) is 0.463. The molecule has 32 heavy (non-hydrogen) atoms. The summed E-state index contributed by atoms with van der Waals surface area (Å²) in [6, 6.07) is 15.7. The van der Waals surface area contributed by atoms with Crippen LogP contribution in [0.1, 0.15) is 53.5 Å². The predicted octanol–water partition coefficient (Wildman–Crippen LogP) is 5.04. The lowest BCUT2D eigenvalue weighted by atomic mass is 9.97. The molecule has 0 aromatic heterocycles. The molecule has 2 rings (SSSR count). The number of rotatable bonds is 8. The number of hydrogen-bond acceptors (Lipinski definition) is 4. The van der Waals surface area contributed by atoms with E-state index in [2.05, 4.69) is 5.32 Å². The van der Waals surface area contributed by atoms with E-state index in [-0.39, 0.29) is 23.5 Å². The molecule has 0 aliphatic carbocycles. The number of nitrogens with one attached hydrogen (secondary N) is 1. The molecule has 0 aliphatic rings. The van der Waals surface area contributed by atoms with E-state index in [0.29, 0.717) is 18.7 Å². The van der Waals surface area contributed by atoms with Crippen molar-refractivity contribution < 1.29 is 19.1 Å². The van der Waals surface area contributed by atoms with Gasteiger partial charge >= 0.3 is 5.97 Å². The number of benzene rings is 2. The third-order valence-electron chi connectivity index (χ3n) is 5.01. The number of ether oxygens (including phenoxy) is 1. The highest BCUT2D eigenvalue weighted by Gasteiger charge is 2.33. The van der Waals surface area contributed by atoms with Gasteiger partial charge in [0, 0.05) is 13.0 Å². The molecule has 1 N–H and O–H groups in total. The second kappa shape index (κ2) is 10.9. The maximum atomic E-state index is 13.4. The van der Waals surface area contributed by atoms with Crippen LogP contribution in [0.2, 0.25) is 0 Å². The number of anilines is 1. The van der Waals surface area contributed by atoms with Gasteiger partial charge in [0.2, 0.25) is 11.8 Å². The van der Waals surface area contributed by atoms with Crippen molar-refractivity contribution >= 4 is 23.5 Å². The first-order valence-corrected chi connectivity index (χ1v) is 11.0. The molecule has 6 heteroatoms. The molecule has 2 amide bonds. The standard InChI is InChI=1S/C26H34N2O4/c1-7-22(29)28(17-19-13-9-8-10-14-19)23(18(2)3)24(30)27-20-15-11-12-16-21(20)32-25(31)26(4,5)6/h8-16,18,23H,7,17H2,1-6H3,(H,27,30). The van der Waals surface area contributed by atoms with Gasteiger partial charge in [0.1, 0.15) is 6.04 Å². The Bertz CT molecular complexity index is 932. The molecule has 0 saturated carbocycles. The van der Waals surface area contributed by atoms with Crippen molar-refractivity contribution in [3.05, 3.63) is 60.2 Å². The van der Waals surface area contributed by atoms with E-state index in [1.54, 1.807) is 56.9 Å². The summed E-state index contributed by atoms with van der Waals surface area (Å²) in [6.45, 7) is 11.3. The van der Waals surface area contributed by atoms with Crippen molar-refractivity contribution in [1.29, 1.82) is 0 Å². The summed E-state index contributed by atoms with van der Waals surface area (Å²) in [5, 5.41) is 2.88. The second-order valence-electron chi connectivity index (χ2n) is 9.17. The maximum absolute atomic E-state index is 13.4. The number of hydrogen-bond donors (Lipinski definition) is 1. The summed E-state index contributed by atoms with van der Waals surface area (Å²) in [6.07, 6.45) is 0.295. The van der Waals surface area contributed by atoms with E-state index in [4.69, 9.17) is 4.74 Å². The Balaban J connectivity index is 2.31. The van der Waals surface area contributed by atoms with Crippen LogP contribution in [0.25, 0.3) is 0 Å². The summed E-state index contributed by atoms with van der Waals surface area (Å²) < 4.78 is 5.54. The van der Waals surface area contributed by atoms with Gasteiger partial charge in [-0.25, -0.2) is 0 Å². The Morgan fingerprint density at radius 2 is 1.56 bits per heavy atom. The maximum Gasteiger partial charge on any atom is 0.316 e. The Hall–Kier alpha value is -3.15. The third-order valence-corrected chi connectivity index (χ3v) is 5.01. The zero-order chi connectivity index (χ0) is 23.9.